The van der Waals surface area contributed by atoms with Crippen molar-refractivity contribution in [2.24, 2.45) is 0 Å². The predicted molar refractivity (Wildman–Crippen MR) is 201 cm³/mol. The van der Waals surface area contributed by atoms with E-state index in [0.717, 1.165) is 18.4 Å². The van der Waals surface area contributed by atoms with Crippen LogP contribution in [0.5, 0.6) is 0 Å². The molecule has 2 unspecified atom stereocenters. The van der Waals surface area contributed by atoms with Crippen molar-refractivity contribution in [2.75, 3.05) is 38.1 Å². The molecule has 3 rings (SSSR count). The van der Waals surface area contributed by atoms with Crippen molar-refractivity contribution in [1.29, 1.82) is 0 Å². The number of hydrogen-bond acceptors (Lipinski definition) is 9. The Morgan fingerprint density at radius 3 is 1.90 bits per heavy atom. The molecule has 0 aliphatic rings. The second-order valence-corrected chi connectivity index (χ2v) is 15.1. The van der Waals surface area contributed by atoms with E-state index in [4.69, 9.17) is 30.7 Å². The van der Waals surface area contributed by atoms with Crippen molar-refractivity contribution in [2.45, 2.75) is 141 Å². The average Bonchev–Trinajstić information content (AvgIpc) is 3.41. The maximum atomic E-state index is 11.6. The number of ether oxygens (including phenoxy) is 3. The minimum absolute atomic E-state index is 0.00251. The van der Waals surface area contributed by atoms with Crippen molar-refractivity contribution >= 4 is 30.5 Å². The van der Waals surface area contributed by atoms with Crippen LogP contribution in [0.1, 0.15) is 121 Å². The summed E-state index contributed by atoms with van der Waals surface area (Å²) in [5.74, 6) is 0.795. The number of anilines is 2. The number of benzene rings is 1. The van der Waals surface area contributed by atoms with Crippen LogP contribution in [0.4, 0.5) is 11.8 Å². The second-order valence-electron chi connectivity index (χ2n) is 13.5. The SMILES string of the molecule is CCCCCCCCCCCCCCCCCCOC(Cc1ccccc1)Cc1nc2c(N)nc(N)nc2n1CC(COC)OCP(=O)(O)O. The minimum atomic E-state index is -4.40. The third kappa shape index (κ3) is 16.6. The number of rotatable bonds is 29. The average molecular weight is 719 g/mol. The lowest BCUT2D eigenvalue weighted by atomic mass is 10.0. The first-order valence-corrected chi connectivity index (χ1v) is 20.6. The molecule has 0 radical (unpaired) electrons. The van der Waals surface area contributed by atoms with Crippen LogP contribution in [0, 0.1) is 0 Å². The van der Waals surface area contributed by atoms with E-state index in [1.807, 2.05) is 22.8 Å². The summed E-state index contributed by atoms with van der Waals surface area (Å²) in [6.45, 7) is 3.17. The molecule has 6 N–H and O–H groups in total. The molecule has 1 aromatic carbocycles. The summed E-state index contributed by atoms with van der Waals surface area (Å²) < 4.78 is 30.8. The van der Waals surface area contributed by atoms with Gasteiger partial charge in [0.2, 0.25) is 5.95 Å². The van der Waals surface area contributed by atoms with Gasteiger partial charge in [0.1, 0.15) is 12.2 Å². The van der Waals surface area contributed by atoms with Gasteiger partial charge in [-0.15, -0.1) is 0 Å². The van der Waals surface area contributed by atoms with Crippen molar-refractivity contribution < 1.29 is 28.6 Å². The summed E-state index contributed by atoms with van der Waals surface area (Å²) in [5.41, 5.74) is 14.1. The summed E-state index contributed by atoms with van der Waals surface area (Å²) in [5, 5.41) is 0. The normalized spacial score (nSPS) is 13.3. The van der Waals surface area contributed by atoms with E-state index in [0.29, 0.717) is 36.4 Å². The van der Waals surface area contributed by atoms with Crippen molar-refractivity contribution in [3.8, 4) is 0 Å². The van der Waals surface area contributed by atoms with Crippen LogP contribution < -0.4 is 11.5 Å². The van der Waals surface area contributed by atoms with Crippen molar-refractivity contribution in [1.82, 2.24) is 19.5 Å². The number of methoxy groups -OCH3 is 1. The Labute approximate surface area is 299 Å². The Morgan fingerprint density at radius 2 is 1.34 bits per heavy atom. The smallest absolute Gasteiger partial charge is 0.350 e. The van der Waals surface area contributed by atoms with Crippen LogP contribution in [0.15, 0.2) is 30.3 Å². The van der Waals surface area contributed by atoms with Crippen molar-refractivity contribution in [3.05, 3.63) is 41.7 Å². The van der Waals surface area contributed by atoms with Gasteiger partial charge < -0.3 is 40.0 Å². The number of nitrogens with two attached hydrogens (primary N) is 2. The van der Waals surface area contributed by atoms with E-state index in [1.54, 1.807) is 0 Å². The fourth-order valence-corrected chi connectivity index (χ4v) is 6.75. The van der Waals surface area contributed by atoms with E-state index in [9.17, 15) is 14.4 Å². The summed E-state index contributed by atoms with van der Waals surface area (Å²) >= 11 is 0. The molecule has 0 aliphatic heterocycles. The molecule has 282 valence electrons. The quantitative estimate of drug-likeness (QED) is 0.0410. The molecule has 2 atom stereocenters. The Morgan fingerprint density at radius 1 is 0.760 bits per heavy atom. The Balaban J connectivity index is 1.53. The highest BCUT2D eigenvalue weighted by molar-refractivity contribution is 7.51. The molecule has 50 heavy (non-hydrogen) atoms. The molecule has 13 heteroatoms. The molecule has 12 nitrogen and oxygen atoms in total. The highest BCUT2D eigenvalue weighted by Crippen LogP contribution is 2.34. The highest BCUT2D eigenvalue weighted by atomic mass is 31.2. The lowest BCUT2D eigenvalue weighted by Crippen LogP contribution is -2.28. The molecule has 0 spiro atoms. The molecule has 2 aromatic heterocycles. The van der Waals surface area contributed by atoms with Gasteiger partial charge in [0.05, 0.1) is 25.4 Å². The maximum absolute atomic E-state index is 11.6. The van der Waals surface area contributed by atoms with Crippen LogP contribution >= 0.6 is 7.60 Å². The molecule has 0 saturated heterocycles. The van der Waals surface area contributed by atoms with Crippen LogP contribution in [0.2, 0.25) is 0 Å². The highest BCUT2D eigenvalue weighted by Gasteiger charge is 2.25. The lowest BCUT2D eigenvalue weighted by Gasteiger charge is -2.22. The standard InChI is InChI=1S/C37H63N6O6P/c1-3-4-5-6-7-8-9-10-11-12-13-14-15-16-17-21-24-48-31(25-30-22-19-18-20-23-30)26-33-40-34-35(38)41-37(39)42-36(34)43(33)27-32(28-47-2)49-29-50(44,45)46/h18-20,22-23,31-32H,3-17,21,24-29H2,1-2H3,(H2,44,45,46)(H4,38,39,41,42). The van der Waals surface area contributed by atoms with Gasteiger partial charge in [-0.05, 0) is 18.4 Å². The lowest BCUT2D eigenvalue weighted by molar-refractivity contribution is 0.00305. The molecule has 2 heterocycles. The van der Waals surface area contributed by atoms with Gasteiger partial charge in [-0.2, -0.15) is 9.97 Å². The first-order chi connectivity index (χ1) is 24.2. The van der Waals surface area contributed by atoms with Gasteiger partial charge in [-0.1, -0.05) is 134 Å². The number of aromatic nitrogens is 4. The largest absolute Gasteiger partial charge is 0.382 e. The van der Waals surface area contributed by atoms with Gasteiger partial charge >= 0.3 is 7.60 Å². The fourth-order valence-electron chi connectivity index (χ4n) is 6.35. The molecule has 0 aliphatic carbocycles. The number of hydrogen-bond donors (Lipinski definition) is 4. The predicted octanol–water partition coefficient (Wildman–Crippen LogP) is 7.59. The van der Waals surface area contributed by atoms with Gasteiger partial charge in [0.25, 0.3) is 0 Å². The molecule has 0 amide bonds. The van der Waals surface area contributed by atoms with E-state index >= 15 is 0 Å². The summed E-state index contributed by atoms with van der Waals surface area (Å²) in [6.07, 6.45) is 20.6. The van der Waals surface area contributed by atoms with Crippen molar-refractivity contribution in [3.63, 3.8) is 0 Å². The topological polar surface area (TPSA) is 181 Å². The van der Waals surface area contributed by atoms with Crippen LogP contribution in [0.25, 0.3) is 11.2 Å². The van der Waals surface area contributed by atoms with E-state index in [1.165, 1.54) is 97.0 Å². The third-order valence-corrected chi connectivity index (χ3v) is 9.49. The Bertz CT molecular complexity index is 1390. The number of nitrogens with zero attached hydrogens (tertiary/aromatic N) is 4. The van der Waals surface area contributed by atoms with Gasteiger partial charge in [0.15, 0.2) is 17.0 Å². The summed E-state index contributed by atoms with van der Waals surface area (Å²) in [6, 6.07) is 10.2. The monoisotopic (exact) mass is 718 g/mol. The Kier molecular flexibility index (Phi) is 19.9. The minimum Gasteiger partial charge on any atom is -0.382 e. The zero-order valence-electron chi connectivity index (χ0n) is 30.5. The molecule has 0 saturated carbocycles. The van der Waals surface area contributed by atoms with Crippen LogP contribution in [-0.2, 0) is 38.2 Å². The van der Waals surface area contributed by atoms with Crippen LogP contribution in [0.3, 0.4) is 0 Å². The first-order valence-electron chi connectivity index (χ1n) is 18.8. The molecular weight excluding hydrogens is 655 g/mol. The summed E-state index contributed by atoms with van der Waals surface area (Å²) in [4.78, 5) is 32.2. The molecule has 3 aromatic rings. The van der Waals surface area contributed by atoms with E-state index in [-0.39, 0.29) is 31.0 Å². The number of imidazole rings is 1. The fraction of sp³-hybridized carbons (Fsp3) is 0.703. The number of unbranched alkanes of at least 4 members (excludes halogenated alkanes) is 15. The zero-order chi connectivity index (χ0) is 36.0. The number of fused-ring (bicyclic) bond motifs is 1. The van der Waals surface area contributed by atoms with E-state index in [2.05, 4.69) is 29.0 Å². The Hall–Kier alpha value is -2.60. The van der Waals surface area contributed by atoms with Crippen LogP contribution in [-0.4, -0.2) is 68.2 Å². The molecule has 0 bridgehead atoms. The van der Waals surface area contributed by atoms with Gasteiger partial charge in [0, 0.05) is 20.1 Å². The van der Waals surface area contributed by atoms with E-state index < -0.39 is 20.0 Å². The third-order valence-electron chi connectivity index (χ3n) is 9.00. The maximum Gasteiger partial charge on any atom is 0.350 e. The van der Waals surface area contributed by atoms with Gasteiger partial charge in [-0.25, -0.2) is 4.98 Å². The molecular formula is C37H63N6O6P. The summed E-state index contributed by atoms with van der Waals surface area (Å²) in [7, 11) is -2.89. The first kappa shape index (κ1) is 41.8. The second kappa shape index (κ2) is 23.8. The molecule has 0 fully saturated rings. The number of nitrogen functional groups attached to an aromatic ring is 2. The zero-order valence-corrected chi connectivity index (χ0v) is 31.4. The van der Waals surface area contributed by atoms with Gasteiger partial charge in [-0.3, -0.25) is 4.57 Å².